The zero-order chi connectivity index (χ0) is 14.6. The van der Waals surface area contributed by atoms with Crippen molar-refractivity contribution in [3.63, 3.8) is 0 Å². The van der Waals surface area contributed by atoms with Crippen LogP contribution in [0.4, 0.5) is 0 Å². The second kappa shape index (κ2) is 3.23. The average Bonchev–Trinajstić information content (AvgIpc) is 3.00. The number of allylic oxidation sites excluding steroid dienone is 2. The molecule has 0 aromatic carbocycles. The van der Waals surface area contributed by atoms with Crippen molar-refractivity contribution in [3.8, 4) is 0 Å². The molecule has 0 radical (unpaired) electrons. The molecule has 0 aromatic heterocycles. The number of ether oxygens (including phenoxy) is 2. The Balaban J connectivity index is 1.78. The maximum Gasteiger partial charge on any atom is 0.165 e. The molecule has 1 aliphatic heterocycles. The summed E-state index contributed by atoms with van der Waals surface area (Å²) in [5.41, 5.74) is 1.12. The first-order valence-corrected chi connectivity index (χ1v) is 7.75. The second-order valence-electron chi connectivity index (χ2n) is 7.62. The molecule has 4 heteroatoms. The quantitative estimate of drug-likeness (QED) is 0.684. The smallest absolute Gasteiger partial charge is 0.165 e. The van der Waals surface area contributed by atoms with Gasteiger partial charge >= 0.3 is 0 Å². The van der Waals surface area contributed by atoms with Gasteiger partial charge in [0.2, 0.25) is 0 Å². The van der Waals surface area contributed by atoms with Gasteiger partial charge in [0, 0.05) is 12.8 Å². The highest BCUT2D eigenvalue weighted by Crippen LogP contribution is 2.71. The number of hydrogen-bond donors (Lipinski definition) is 0. The molecule has 3 fully saturated rings. The van der Waals surface area contributed by atoms with Crippen LogP contribution in [0.3, 0.4) is 0 Å². The van der Waals surface area contributed by atoms with Crippen molar-refractivity contribution >= 4 is 11.6 Å². The minimum absolute atomic E-state index is 0.180. The van der Waals surface area contributed by atoms with Gasteiger partial charge in [-0.05, 0) is 61.8 Å². The number of carbonyl (C=O) groups is 2. The van der Waals surface area contributed by atoms with E-state index in [4.69, 9.17) is 9.47 Å². The van der Waals surface area contributed by atoms with Crippen LogP contribution < -0.4 is 0 Å². The van der Waals surface area contributed by atoms with Crippen LogP contribution in [0.1, 0.15) is 39.5 Å². The molecule has 4 aliphatic carbocycles. The van der Waals surface area contributed by atoms with E-state index in [2.05, 4.69) is 0 Å². The molecule has 4 atom stereocenters. The molecule has 0 bridgehead atoms. The predicted molar refractivity (Wildman–Crippen MR) is 73.3 cm³/mol. The number of fused-ring (bicyclic) bond motifs is 2. The van der Waals surface area contributed by atoms with Crippen molar-refractivity contribution in [3.05, 3.63) is 23.3 Å². The highest BCUT2D eigenvalue weighted by Gasteiger charge is 2.77. The minimum Gasteiger partial charge on any atom is -0.340 e. The van der Waals surface area contributed by atoms with E-state index < -0.39 is 11.4 Å². The highest BCUT2D eigenvalue weighted by molar-refractivity contribution is 5.97. The van der Waals surface area contributed by atoms with Crippen LogP contribution in [0.5, 0.6) is 0 Å². The molecule has 21 heavy (non-hydrogen) atoms. The van der Waals surface area contributed by atoms with Crippen LogP contribution in [-0.4, -0.2) is 28.6 Å². The summed E-state index contributed by atoms with van der Waals surface area (Å²) < 4.78 is 12.8. The van der Waals surface area contributed by atoms with Gasteiger partial charge in [0.05, 0.1) is 0 Å². The van der Waals surface area contributed by atoms with Crippen LogP contribution in [0.25, 0.3) is 0 Å². The van der Waals surface area contributed by atoms with Gasteiger partial charge in [0.25, 0.3) is 0 Å². The minimum atomic E-state index is -0.672. The van der Waals surface area contributed by atoms with Gasteiger partial charge in [-0.2, -0.15) is 0 Å². The fourth-order valence-electron chi connectivity index (χ4n) is 5.63. The van der Waals surface area contributed by atoms with Gasteiger partial charge in [0.15, 0.2) is 17.4 Å². The van der Waals surface area contributed by atoms with Crippen LogP contribution in [-0.2, 0) is 19.1 Å². The summed E-state index contributed by atoms with van der Waals surface area (Å²) in [6.45, 7) is 3.86. The first-order chi connectivity index (χ1) is 9.85. The largest absolute Gasteiger partial charge is 0.340 e. The maximum atomic E-state index is 11.9. The van der Waals surface area contributed by atoms with E-state index in [1.807, 2.05) is 13.8 Å². The molecule has 0 aromatic rings. The van der Waals surface area contributed by atoms with Crippen molar-refractivity contribution in [2.75, 3.05) is 0 Å². The molecular formula is C17H18O4. The van der Waals surface area contributed by atoms with Crippen molar-refractivity contribution in [2.24, 2.45) is 11.8 Å². The molecule has 0 spiro atoms. The first kappa shape index (κ1) is 12.3. The fraction of sp³-hybridized carbons (Fsp3) is 0.647. The van der Waals surface area contributed by atoms with E-state index in [0.717, 1.165) is 24.0 Å². The van der Waals surface area contributed by atoms with Gasteiger partial charge in [0.1, 0.15) is 11.2 Å². The van der Waals surface area contributed by atoms with Crippen LogP contribution in [0.15, 0.2) is 23.3 Å². The molecule has 5 aliphatic rings. The van der Waals surface area contributed by atoms with E-state index in [0.29, 0.717) is 12.8 Å². The Hall–Kier alpha value is -1.26. The Morgan fingerprint density at radius 3 is 2.00 bits per heavy atom. The third-order valence-electron chi connectivity index (χ3n) is 5.85. The molecule has 0 amide bonds. The number of ketones is 2. The van der Waals surface area contributed by atoms with E-state index in [1.165, 1.54) is 0 Å². The van der Waals surface area contributed by atoms with Gasteiger partial charge in [-0.1, -0.05) is 0 Å². The summed E-state index contributed by atoms with van der Waals surface area (Å²) in [6, 6.07) is 0. The van der Waals surface area contributed by atoms with Gasteiger partial charge < -0.3 is 9.47 Å². The molecule has 5 rings (SSSR count). The first-order valence-electron chi connectivity index (χ1n) is 7.75. The molecule has 110 valence electrons. The number of hydrogen-bond acceptors (Lipinski definition) is 4. The third kappa shape index (κ3) is 1.22. The molecule has 4 nitrogen and oxygen atoms in total. The summed E-state index contributed by atoms with van der Waals surface area (Å²) in [5.74, 6) is 0.145. The van der Waals surface area contributed by atoms with Crippen LogP contribution in [0.2, 0.25) is 0 Å². The normalized spacial score (nSPS) is 48.9. The zero-order valence-electron chi connectivity index (χ0n) is 12.3. The van der Waals surface area contributed by atoms with Crippen molar-refractivity contribution in [1.82, 2.24) is 0 Å². The summed E-state index contributed by atoms with van der Waals surface area (Å²) in [6.07, 6.45) is 6.36. The van der Waals surface area contributed by atoms with E-state index in [1.54, 1.807) is 12.2 Å². The average molecular weight is 286 g/mol. The molecule has 0 N–H and O–H groups in total. The van der Waals surface area contributed by atoms with Crippen molar-refractivity contribution in [1.29, 1.82) is 0 Å². The summed E-state index contributed by atoms with van der Waals surface area (Å²) in [7, 11) is 0. The highest BCUT2D eigenvalue weighted by atomic mass is 16.8. The van der Waals surface area contributed by atoms with Crippen LogP contribution >= 0.6 is 0 Å². The molecule has 1 saturated heterocycles. The Morgan fingerprint density at radius 1 is 0.952 bits per heavy atom. The van der Waals surface area contributed by atoms with E-state index in [9.17, 15) is 9.59 Å². The monoisotopic (exact) mass is 286 g/mol. The van der Waals surface area contributed by atoms with Gasteiger partial charge in [-0.25, -0.2) is 0 Å². The molecule has 1 heterocycles. The SMILES string of the molecule is CC1(C)OC23C[C@H]4CC(=O)C=C4C2(O1)C1=CC(=O)C[C@H]1C3. The number of carbonyl (C=O) groups excluding carboxylic acids is 2. The topological polar surface area (TPSA) is 52.6 Å². The standard InChI is InChI=1S/C17H18O4/c1-15(2)20-16-7-9-3-11(18)5-13(9)17(16,21-15)14-6-12(19)4-10(14)8-16/h5-6,9-10H,3-4,7-8H2,1-2H3/t9-,10+,16?,17?. The molecule has 2 saturated carbocycles. The van der Waals surface area contributed by atoms with E-state index >= 15 is 0 Å². The van der Waals surface area contributed by atoms with Crippen molar-refractivity contribution in [2.45, 2.75) is 56.5 Å². The van der Waals surface area contributed by atoms with Gasteiger partial charge in [-0.3, -0.25) is 9.59 Å². The zero-order valence-corrected chi connectivity index (χ0v) is 12.3. The Labute approximate surface area is 123 Å². The lowest BCUT2D eigenvalue weighted by Gasteiger charge is -2.32. The summed E-state index contributed by atoms with van der Waals surface area (Å²) in [4.78, 5) is 23.8. The lowest BCUT2D eigenvalue weighted by Crippen LogP contribution is -2.44. The predicted octanol–water partition coefficient (Wildman–Crippen LogP) is 2.09. The Bertz CT molecular complexity index is 624. The Morgan fingerprint density at radius 2 is 1.48 bits per heavy atom. The van der Waals surface area contributed by atoms with Crippen LogP contribution in [0, 0.1) is 11.8 Å². The Kier molecular flexibility index (Phi) is 1.89. The molecule has 2 unspecified atom stereocenters. The molecular weight excluding hydrogens is 268 g/mol. The lowest BCUT2D eigenvalue weighted by atomic mass is 9.84. The summed E-state index contributed by atoms with van der Waals surface area (Å²) in [5, 5.41) is 0. The fourth-order valence-corrected chi connectivity index (χ4v) is 5.63. The van der Waals surface area contributed by atoms with E-state index in [-0.39, 0.29) is 29.0 Å². The maximum absolute atomic E-state index is 11.9. The van der Waals surface area contributed by atoms with Gasteiger partial charge in [-0.15, -0.1) is 0 Å². The third-order valence-corrected chi connectivity index (χ3v) is 5.85. The summed E-state index contributed by atoms with van der Waals surface area (Å²) >= 11 is 0. The number of rotatable bonds is 0. The lowest BCUT2D eigenvalue weighted by molar-refractivity contribution is -0.177. The second-order valence-corrected chi connectivity index (χ2v) is 7.62. The van der Waals surface area contributed by atoms with Crippen molar-refractivity contribution < 1.29 is 19.1 Å².